The molecular weight excluding hydrogens is 525 g/mol. The molecule has 0 aromatic heterocycles. The zero-order valence-corrected chi connectivity index (χ0v) is 14.1. The molecule has 86 valence electrons. The highest BCUT2D eigenvalue weighted by Gasteiger charge is 2.34. The first kappa shape index (κ1) is 16.1. The van der Waals surface area contributed by atoms with Crippen molar-refractivity contribution in [3.8, 4) is 0 Å². The predicted octanol–water partition coefficient (Wildman–Crippen LogP) is 2.22. The van der Waals surface area contributed by atoms with Gasteiger partial charge in [-0.25, -0.2) is 0 Å². The first-order valence-corrected chi connectivity index (χ1v) is 8.42. The number of hydrogen-bond donors (Lipinski definition) is 3. The van der Waals surface area contributed by atoms with Crippen LogP contribution in [0, 0.1) is 0 Å². The van der Waals surface area contributed by atoms with Gasteiger partial charge in [0.05, 0.1) is 0 Å². The zero-order chi connectivity index (χ0) is 11.2. The average molecular weight is 540 g/mol. The number of rotatable bonds is 7. The van der Waals surface area contributed by atoms with Crippen LogP contribution in [0.25, 0.3) is 0 Å². The van der Waals surface area contributed by atoms with Gasteiger partial charge in [-0.15, -0.1) is 0 Å². The highest BCUT2D eigenvalue weighted by Crippen LogP contribution is 2.27. The summed E-state index contributed by atoms with van der Waals surface area (Å²) in [6.45, 7) is 0. The maximum atomic E-state index is 8.96. The van der Waals surface area contributed by atoms with Gasteiger partial charge in [-0.3, -0.25) is 0 Å². The fraction of sp³-hybridized carbons (Fsp3) is 1.00. The SMILES string of the molecule is OC(O)(O)C(I)C(I)CCCCCI. The van der Waals surface area contributed by atoms with E-state index in [2.05, 4.69) is 45.2 Å². The minimum Gasteiger partial charge on any atom is -0.343 e. The highest BCUT2D eigenvalue weighted by molar-refractivity contribution is 14.1. The third kappa shape index (κ3) is 7.36. The first-order valence-electron chi connectivity index (χ1n) is 4.40. The van der Waals surface area contributed by atoms with Gasteiger partial charge < -0.3 is 15.3 Å². The molecule has 3 N–H and O–H groups in total. The monoisotopic (exact) mass is 540 g/mol. The summed E-state index contributed by atoms with van der Waals surface area (Å²) in [5, 5.41) is 26.9. The van der Waals surface area contributed by atoms with Crippen molar-refractivity contribution in [2.45, 2.75) is 39.5 Å². The zero-order valence-electron chi connectivity index (χ0n) is 7.67. The first-order chi connectivity index (χ1) is 6.39. The summed E-state index contributed by atoms with van der Waals surface area (Å²) in [6.07, 6.45) is 4.36. The molecule has 0 radical (unpaired) electrons. The van der Waals surface area contributed by atoms with E-state index in [1.54, 1.807) is 0 Å². The Bertz CT molecular complexity index is 149. The highest BCUT2D eigenvalue weighted by atomic mass is 127. The Kier molecular flexibility index (Phi) is 9.42. The molecule has 0 spiro atoms. The van der Waals surface area contributed by atoms with E-state index in [0.717, 1.165) is 12.8 Å². The summed E-state index contributed by atoms with van der Waals surface area (Å²) < 4.78 is 0.712. The van der Waals surface area contributed by atoms with Crippen LogP contribution in [0.15, 0.2) is 0 Å². The van der Waals surface area contributed by atoms with Crippen LogP contribution in [-0.2, 0) is 0 Å². The van der Waals surface area contributed by atoms with Crippen LogP contribution in [-0.4, -0.2) is 33.6 Å². The second-order valence-electron chi connectivity index (χ2n) is 3.14. The number of aliphatic hydroxyl groups is 3. The quantitative estimate of drug-likeness (QED) is 0.201. The normalized spacial score (nSPS) is 16.7. The van der Waals surface area contributed by atoms with E-state index in [1.807, 2.05) is 22.6 Å². The average Bonchev–Trinajstić information content (AvgIpc) is 2.09. The molecule has 0 aliphatic rings. The molecule has 0 heterocycles. The Morgan fingerprint density at radius 2 is 1.57 bits per heavy atom. The van der Waals surface area contributed by atoms with Crippen LogP contribution in [0.2, 0.25) is 0 Å². The van der Waals surface area contributed by atoms with Crippen molar-refractivity contribution in [2.75, 3.05) is 4.43 Å². The van der Waals surface area contributed by atoms with Crippen molar-refractivity contribution in [2.24, 2.45) is 0 Å². The predicted molar refractivity (Wildman–Crippen MR) is 82.4 cm³/mol. The minimum atomic E-state index is -2.55. The largest absolute Gasteiger partial charge is 0.343 e. The van der Waals surface area contributed by atoms with E-state index in [1.165, 1.54) is 17.3 Å². The molecule has 0 aromatic carbocycles. The lowest BCUT2D eigenvalue weighted by Crippen LogP contribution is -2.42. The van der Waals surface area contributed by atoms with Gasteiger partial charge in [0, 0.05) is 3.92 Å². The summed E-state index contributed by atoms with van der Waals surface area (Å²) in [5.74, 6) is -2.55. The third-order valence-corrected chi connectivity index (χ3v) is 6.99. The standard InChI is InChI=1S/C8H15I3O3/c9-5-3-1-2-4-6(10)7(11)8(12,13)14/h6-7,12-14H,1-5H2. The maximum absolute atomic E-state index is 8.96. The third-order valence-electron chi connectivity index (χ3n) is 1.80. The molecule has 2 atom stereocenters. The Morgan fingerprint density at radius 3 is 2.00 bits per heavy atom. The van der Waals surface area contributed by atoms with Gasteiger partial charge in [0.1, 0.15) is 3.92 Å². The van der Waals surface area contributed by atoms with Crippen LogP contribution < -0.4 is 0 Å². The van der Waals surface area contributed by atoms with E-state index in [9.17, 15) is 0 Å². The maximum Gasteiger partial charge on any atom is 0.288 e. The summed E-state index contributed by atoms with van der Waals surface area (Å²) in [6, 6.07) is 0. The molecule has 0 aliphatic carbocycles. The number of unbranched alkanes of at least 4 members (excludes halogenated alkanes) is 2. The van der Waals surface area contributed by atoms with Gasteiger partial charge in [-0.2, -0.15) is 0 Å². The Labute approximate surface area is 125 Å². The van der Waals surface area contributed by atoms with E-state index >= 15 is 0 Å². The van der Waals surface area contributed by atoms with Crippen LogP contribution in [0.3, 0.4) is 0 Å². The molecule has 0 amide bonds. The molecule has 14 heavy (non-hydrogen) atoms. The molecule has 6 heteroatoms. The fourth-order valence-electron chi connectivity index (χ4n) is 1.000. The number of halogens is 3. The molecule has 0 fully saturated rings. The lowest BCUT2D eigenvalue weighted by molar-refractivity contribution is -0.306. The topological polar surface area (TPSA) is 60.7 Å². The summed E-state index contributed by atoms with van der Waals surface area (Å²) in [5.41, 5.74) is 0. The summed E-state index contributed by atoms with van der Waals surface area (Å²) >= 11 is 6.38. The molecule has 0 bridgehead atoms. The van der Waals surface area contributed by atoms with Gasteiger partial charge in [0.15, 0.2) is 0 Å². The Balaban J connectivity index is 3.68. The number of alkyl halides is 3. The van der Waals surface area contributed by atoms with Crippen LogP contribution in [0.5, 0.6) is 0 Å². The molecular formula is C8H15I3O3. The Hall–Kier alpha value is 2.07. The van der Waals surface area contributed by atoms with Crippen LogP contribution >= 0.6 is 67.8 Å². The van der Waals surface area contributed by atoms with Crippen molar-refractivity contribution >= 4 is 67.8 Å². The van der Waals surface area contributed by atoms with Crippen molar-refractivity contribution in [1.82, 2.24) is 0 Å². The van der Waals surface area contributed by atoms with Crippen molar-refractivity contribution in [3.63, 3.8) is 0 Å². The van der Waals surface area contributed by atoms with Gasteiger partial charge in [0.25, 0.3) is 5.97 Å². The second-order valence-corrected chi connectivity index (χ2v) is 7.16. The van der Waals surface area contributed by atoms with E-state index in [0.29, 0.717) is 0 Å². The van der Waals surface area contributed by atoms with Gasteiger partial charge >= 0.3 is 0 Å². The van der Waals surface area contributed by atoms with Crippen LogP contribution in [0.1, 0.15) is 25.7 Å². The van der Waals surface area contributed by atoms with Crippen molar-refractivity contribution in [3.05, 3.63) is 0 Å². The van der Waals surface area contributed by atoms with Crippen molar-refractivity contribution in [1.29, 1.82) is 0 Å². The molecule has 3 nitrogen and oxygen atoms in total. The Morgan fingerprint density at radius 1 is 1.00 bits per heavy atom. The molecule has 0 aromatic rings. The summed E-state index contributed by atoms with van der Waals surface area (Å²) in [4.78, 5) is 0. The fourth-order valence-corrected chi connectivity index (χ4v) is 2.82. The van der Waals surface area contributed by atoms with Crippen molar-refractivity contribution < 1.29 is 15.3 Å². The van der Waals surface area contributed by atoms with Gasteiger partial charge in [-0.05, 0) is 17.3 Å². The lowest BCUT2D eigenvalue weighted by atomic mass is 10.1. The van der Waals surface area contributed by atoms with Gasteiger partial charge in [-0.1, -0.05) is 80.6 Å². The van der Waals surface area contributed by atoms with E-state index < -0.39 is 9.90 Å². The minimum absolute atomic E-state index is 0.0856. The van der Waals surface area contributed by atoms with E-state index in [4.69, 9.17) is 15.3 Å². The summed E-state index contributed by atoms with van der Waals surface area (Å²) in [7, 11) is 0. The molecule has 0 rings (SSSR count). The second kappa shape index (κ2) is 8.20. The molecule has 0 aliphatic heterocycles. The lowest BCUT2D eigenvalue weighted by Gasteiger charge is -2.25. The molecule has 0 saturated heterocycles. The van der Waals surface area contributed by atoms with Crippen LogP contribution in [0.4, 0.5) is 0 Å². The molecule has 2 unspecified atom stereocenters. The smallest absolute Gasteiger partial charge is 0.288 e. The molecule has 0 saturated carbocycles. The van der Waals surface area contributed by atoms with Gasteiger partial charge in [0.2, 0.25) is 0 Å². The number of hydrogen-bond acceptors (Lipinski definition) is 3. The van der Waals surface area contributed by atoms with E-state index in [-0.39, 0.29) is 3.92 Å².